The first kappa shape index (κ1) is 15.0. The maximum atomic E-state index is 13.8. The maximum absolute atomic E-state index is 13.8. The molecule has 3 N–H and O–H groups in total. The topological polar surface area (TPSA) is 85.1 Å². The molecule has 0 saturated carbocycles. The lowest BCUT2D eigenvalue weighted by Gasteiger charge is -2.07. The lowest BCUT2D eigenvalue weighted by atomic mass is 10.2. The van der Waals surface area contributed by atoms with Crippen molar-refractivity contribution in [3.05, 3.63) is 45.7 Å². The van der Waals surface area contributed by atoms with E-state index < -0.39 is 15.8 Å². The molecule has 0 spiro atoms. The number of aryl methyl sites for hydroxylation is 1. The number of thiazole rings is 1. The Morgan fingerprint density at radius 2 is 2.20 bits per heavy atom. The number of sulfonamides is 1. The third-order valence-electron chi connectivity index (χ3n) is 2.60. The van der Waals surface area contributed by atoms with E-state index in [2.05, 4.69) is 9.71 Å². The fourth-order valence-electron chi connectivity index (χ4n) is 1.61. The van der Waals surface area contributed by atoms with Crippen molar-refractivity contribution >= 4 is 21.4 Å². The van der Waals surface area contributed by atoms with Crippen LogP contribution in [0.3, 0.4) is 0 Å². The third-order valence-corrected chi connectivity index (χ3v) is 4.95. The van der Waals surface area contributed by atoms with Gasteiger partial charge in [-0.25, -0.2) is 22.5 Å². The highest BCUT2D eigenvalue weighted by Crippen LogP contribution is 2.17. The van der Waals surface area contributed by atoms with Gasteiger partial charge in [0.1, 0.15) is 15.7 Å². The van der Waals surface area contributed by atoms with Crippen molar-refractivity contribution in [2.24, 2.45) is 5.73 Å². The van der Waals surface area contributed by atoms with E-state index >= 15 is 0 Å². The SMILES string of the molecule is Cc1cnc(CNS(=O)(=O)c2ccc(CN)cc2F)s1. The zero-order valence-electron chi connectivity index (χ0n) is 10.8. The highest BCUT2D eigenvalue weighted by Gasteiger charge is 2.19. The van der Waals surface area contributed by atoms with Crippen LogP contribution >= 0.6 is 11.3 Å². The maximum Gasteiger partial charge on any atom is 0.243 e. The monoisotopic (exact) mass is 315 g/mol. The minimum Gasteiger partial charge on any atom is -0.326 e. The Balaban J connectivity index is 2.18. The normalized spacial score (nSPS) is 11.8. The Labute approximate surface area is 120 Å². The highest BCUT2D eigenvalue weighted by molar-refractivity contribution is 7.89. The molecule has 8 heteroatoms. The van der Waals surface area contributed by atoms with Gasteiger partial charge in [0.15, 0.2) is 0 Å². The van der Waals surface area contributed by atoms with Crippen LogP contribution < -0.4 is 10.5 Å². The number of aromatic nitrogens is 1. The van der Waals surface area contributed by atoms with Crippen LogP contribution in [0.5, 0.6) is 0 Å². The van der Waals surface area contributed by atoms with E-state index in [1.54, 1.807) is 6.20 Å². The first-order valence-electron chi connectivity index (χ1n) is 5.82. The van der Waals surface area contributed by atoms with E-state index in [0.717, 1.165) is 10.9 Å². The summed E-state index contributed by atoms with van der Waals surface area (Å²) in [5.41, 5.74) is 5.92. The smallest absolute Gasteiger partial charge is 0.243 e. The van der Waals surface area contributed by atoms with Gasteiger partial charge >= 0.3 is 0 Å². The van der Waals surface area contributed by atoms with Crippen LogP contribution in [0.2, 0.25) is 0 Å². The predicted molar refractivity (Wildman–Crippen MR) is 75.2 cm³/mol. The number of benzene rings is 1. The molecule has 5 nitrogen and oxygen atoms in total. The number of hydrogen-bond donors (Lipinski definition) is 2. The van der Waals surface area contributed by atoms with Gasteiger partial charge < -0.3 is 5.73 Å². The van der Waals surface area contributed by atoms with Crippen LogP contribution in [-0.2, 0) is 23.1 Å². The van der Waals surface area contributed by atoms with Crippen molar-refractivity contribution in [3.8, 4) is 0 Å². The summed E-state index contributed by atoms with van der Waals surface area (Å²) in [7, 11) is -3.90. The minimum absolute atomic E-state index is 0.0406. The molecule has 108 valence electrons. The van der Waals surface area contributed by atoms with Crippen LogP contribution in [0.1, 0.15) is 15.4 Å². The molecule has 2 rings (SSSR count). The van der Waals surface area contributed by atoms with E-state index in [1.165, 1.54) is 23.5 Å². The predicted octanol–water partition coefficient (Wildman–Crippen LogP) is 1.53. The first-order valence-corrected chi connectivity index (χ1v) is 8.12. The van der Waals surface area contributed by atoms with Crippen molar-refractivity contribution < 1.29 is 12.8 Å². The molecule has 1 heterocycles. The molecule has 0 aliphatic carbocycles. The molecule has 0 atom stereocenters. The summed E-state index contributed by atoms with van der Waals surface area (Å²) in [6.45, 7) is 2.07. The molecule has 0 radical (unpaired) electrons. The number of halogens is 1. The largest absolute Gasteiger partial charge is 0.326 e. The summed E-state index contributed by atoms with van der Waals surface area (Å²) in [6, 6.07) is 3.83. The van der Waals surface area contributed by atoms with E-state index in [4.69, 9.17) is 5.73 Å². The van der Waals surface area contributed by atoms with Crippen LogP contribution in [-0.4, -0.2) is 13.4 Å². The van der Waals surface area contributed by atoms with E-state index in [1.807, 2.05) is 6.92 Å². The molecule has 0 bridgehead atoms. The van der Waals surface area contributed by atoms with Crippen molar-refractivity contribution in [1.82, 2.24) is 9.71 Å². The van der Waals surface area contributed by atoms with Gasteiger partial charge in [-0.15, -0.1) is 11.3 Å². The average Bonchev–Trinajstić information content (AvgIpc) is 2.82. The number of rotatable bonds is 5. The molecule has 20 heavy (non-hydrogen) atoms. The zero-order valence-corrected chi connectivity index (χ0v) is 12.4. The summed E-state index contributed by atoms with van der Waals surface area (Å²) < 4.78 is 40.2. The van der Waals surface area contributed by atoms with E-state index in [9.17, 15) is 12.8 Å². The van der Waals surface area contributed by atoms with E-state index in [-0.39, 0.29) is 18.0 Å². The Morgan fingerprint density at radius 1 is 1.45 bits per heavy atom. The number of nitrogens with one attached hydrogen (secondary N) is 1. The summed E-state index contributed by atoms with van der Waals surface area (Å²) in [5, 5.41) is 0.630. The third kappa shape index (κ3) is 3.40. The molecule has 0 aliphatic rings. The van der Waals surface area contributed by atoms with Gasteiger partial charge in [0.2, 0.25) is 10.0 Å². The quantitative estimate of drug-likeness (QED) is 0.876. The number of hydrogen-bond acceptors (Lipinski definition) is 5. The van der Waals surface area contributed by atoms with Gasteiger partial charge in [-0.3, -0.25) is 0 Å². The van der Waals surface area contributed by atoms with Crippen molar-refractivity contribution in [2.75, 3.05) is 0 Å². The zero-order chi connectivity index (χ0) is 14.8. The van der Waals surface area contributed by atoms with Crippen LogP contribution in [0.15, 0.2) is 29.3 Å². The fourth-order valence-corrected chi connectivity index (χ4v) is 3.47. The lowest BCUT2D eigenvalue weighted by Crippen LogP contribution is -2.24. The molecular formula is C12H14FN3O2S2. The molecule has 1 aromatic heterocycles. The van der Waals surface area contributed by atoms with Crippen LogP contribution in [0.4, 0.5) is 4.39 Å². The average molecular weight is 315 g/mol. The first-order chi connectivity index (χ1) is 9.42. The van der Waals surface area contributed by atoms with E-state index in [0.29, 0.717) is 10.6 Å². The summed E-state index contributed by atoms with van der Waals surface area (Å²) in [6.07, 6.45) is 1.66. The Morgan fingerprint density at radius 3 is 2.75 bits per heavy atom. The molecular weight excluding hydrogens is 301 g/mol. The van der Waals surface area contributed by atoms with Gasteiger partial charge in [-0.05, 0) is 24.6 Å². The van der Waals surface area contributed by atoms with Gasteiger partial charge in [0.25, 0.3) is 0 Å². The minimum atomic E-state index is -3.90. The second-order valence-corrected chi connectivity index (χ2v) is 7.21. The highest BCUT2D eigenvalue weighted by atomic mass is 32.2. The van der Waals surface area contributed by atoms with Crippen molar-refractivity contribution in [3.63, 3.8) is 0 Å². The molecule has 0 amide bonds. The Bertz CT molecular complexity index is 713. The van der Waals surface area contributed by atoms with Gasteiger partial charge in [-0.2, -0.15) is 0 Å². The van der Waals surface area contributed by atoms with Gasteiger partial charge in [-0.1, -0.05) is 6.07 Å². The lowest BCUT2D eigenvalue weighted by molar-refractivity contribution is 0.555. The number of nitrogens with zero attached hydrogens (tertiary/aromatic N) is 1. The number of nitrogens with two attached hydrogens (primary N) is 1. The van der Waals surface area contributed by atoms with Gasteiger partial charge in [0.05, 0.1) is 6.54 Å². The van der Waals surface area contributed by atoms with Gasteiger partial charge in [0, 0.05) is 17.6 Å². The second kappa shape index (κ2) is 5.96. The molecule has 0 saturated heterocycles. The second-order valence-electron chi connectivity index (χ2n) is 4.16. The summed E-state index contributed by atoms with van der Waals surface area (Å²) >= 11 is 1.39. The Kier molecular flexibility index (Phi) is 4.48. The molecule has 1 aromatic carbocycles. The molecule has 0 unspecified atom stereocenters. The summed E-state index contributed by atoms with van der Waals surface area (Å²) in [5.74, 6) is -0.809. The van der Waals surface area contributed by atoms with Crippen LogP contribution in [0, 0.1) is 12.7 Å². The Hall–Kier alpha value is -1.35. The van der Waals surface area contributed by atoms with Crippen molar-refractivity contribution in [1.29, 1.82) is 0 Å². The summed E-state index contributed by atoms with van der Waals surface area (Å²) in [4.78, 5) is 4.64. The fraction of sp³-hybridized carbons (Fsp3) is 0.250. The molecule has 0 aliphatic heterocycles. The van der Waals surface area contributed by atoms with Crippen molar-refractivity contribution in [2.45, 2.75) is 24.9 Å². The van der Waals surface area contributed by atoms with Crippen LogP contribution in [0.25, 0.3) is 0 Å². The molecule has 2 aromatic rings. The standard InChI is InChI=1S/C12H14FN3O2S2/c1-8-6-15-12(19-8)7-16-20(17,18)11-3-2-9(5-14)4-10(11)13/h2-4,6,16H,5,7,14H2,1H3. The molecule has 0 fully saturated rings.